The highest BCUT2D eigenvalue weighted by atomic mass is 32.2. The van der Waals surface area contributed by atoms with E-state index < -0.39 is 39.2 Å². The number of nitrogens with zero attached hydrogens (tertiary/aromatic N) is 1. The minimum absolute atomic E-state index is 0.140. The summed E-state index contributed by atoms with van der Waals surface area (Å²) in [4.78, 5) is 22.9. The fourth-order valence-corrected chi connectivity index (χ4v) is 4.13. The Bertz CT molecular complexity index is 788. The molecule has 0 aliphatic carbocycles. The van der Waals surface area contributed by atoms with E-state index in [-0.39, 0.29) is 12.1 Å². The summed E-state index contributed by atoms with van der Waals surface area (Å²) in [5, 5.41) is 2.43. The molecule has 26 heavy (non-hydrogen) atoms. The van der Waals surface area contributed by atoms with Gasteiger partial charge in [-0.25, -0.2) is 17.6 Å². The van der Waals surface area contributed by atoms with Gasteiger partial charge in [-0.1, -0.05) is 12.5 Å². The minimum Gasteiger partial charge on any atom is -0.452 e. The molecule has 1 fully saturated rings. The topological polar surface area (TPSA) is 92.8 Å². The van der Waals surface area contributed by atoms with Crippen LogP contribution in [0.15, 0.2) is 35.7 Å². The summed E-state index contributed by atoms with van der Waals surface area (Å²) in [5.74, 6) is -2.37. The summed E-state index contributed by atoms with van der Waals surface area (Å²) in [5.41, 5.74) is -0.140. The summed E-state index contributed by atoms with van der Waals surface area (Å²) in [6.45, 7) is 3.77. The van der Waals surface area contributed by atoms with Gasteiger partial charge < -0.3 is 10.1 Å². The van der Waals surface area contributed by atoms with E-state index in [2.05, 4.69) is 11.9 Å². The van der Waals surface area contributed by atoms with Gasteiger partial charge in [0, 0.05) is 19.6 Å². The van der Waals surface area contributed by atoms with Crippen molar-refractivity contribution < 1.29 is 27.1 Å². The lowest BCUT2D eigenvalue weighted by Crippen LogP contribution is -2.36. The fourth-order valence-electron chi connectivity index (χ4n) is 2.52. The van der Waals surface area contributed by atoms with E-state index in [9.17, 15) is 22.4 Å². The molecule has 0 spiro atoms. The van der Waals surface area contributed by atoms with Crippen LogP contribution < -0.4 is 5.32 Å². The lowest BCUT2D eigenvalue weighted by Gasteiger charge is -2.26. The molecule has 1 N–H and O–H groups in total. The molecule has 1 aromatic carbocycles. The van der Waals surface area contributed by atoms with Crippen LogP contribution in [0.3, 0.4) is 0 Å². The number of amides is 1. The Balaban J connectivity index is 2.14. The first-order chi connectivity index (χ1) is 12.4. The van der Waals surface area contributed by atoms with Crippen LogP contribution in [0.1, 0.15) is 29.6 Å². The standard InChI is InChI=1S/C17H21FN2O5S/c1-2-8-19-16(21)12-25-17(22)13-6-7-14(18)15(11-13)26(23,24)20-9-4-3-5-10-20/h2,6-7,11H,1,3-5,8-10,12H2,(H,19,21). The average Bonchev–Trinajstić information content (AvgIpc) is 2.65. The van der Waals surface area contributed by atoms with Crippen LogP contribution >= 0.6 is 0 Å². The average molecular weight is 384 g/mol. The highest BCUT2D eigenvalue weighted by Gasteiger charge is 2.29. The number of sulfonamides is 1. The highest BCUT2D eigenvalue weighted by Crippen LogP contribution is 2.24. The molecule has 0 atom stereocenters. The van der Waals surface area contributed by atoms with Crippen molar-refractivity contribution >= 4 is 21.9 Å². The number of hydrogen-bond acceptors (Lipinski definition) is 5. The summed E-state index contributed by atoms with van der Waals surface area (Å²) in [6.07, 6.45) is 3.82. The van der Waals surface area contributed by atoms with Gasteiger partial charge in [0.15, 0.2) is 6.61 Å². The van der Waals surface area contributed by atoms with Crippen LogP contribution in [-0.4, -0.2) is 50.8 Å². The van der Waals surface area contributed by atoms with Crippen molar-refractivity contribution in [2.45, 2.75) is 24.2 Å². The van der Waals surface area contributed by atoms with E-state index in [1.54, 1.807) is 0 Å². The number of benzene rings is 1. The third-order valence-electron chi connectivity index (χ3n) is 3.88. The predicted molar refractivity (Wildman–Crippen MR) is 92.5 cm³/mol. The van der Waals surface area contributed by atoms with Gasteiger partial charge in [0.25, 0.3) is 5.91 Å². The molecule has 1 saturated heterocycles. The predicted octanol–water partition coefficient (Wildman–Crippen LogP) is 1.46. The first-order valence-electron chi connectivity index (χ1n) is 8.20. The van der Waals surface area contributed by atoms with Crippen LogP contribution in [0.5, 0.6) is 0 Å². The Morgan fingerprint density at radius 1 is 1.27 bits per heavy atom. The lowest BCUT2D eigenvalue weighted by atomic mass is 10.2. The molecule has 0 saturated carbocycles. The van der Waals surface area contributed by atoms with Crippen molar-refractivity contribution in [2.75, 3.05) is 26.2 Å². The van der Waals surface area contributed by atoms with Crippen LogP contribution in [0.4, 0.5) is 4.39 Å². The van der Waals surface area contributed by atoms with Crippen LogP contribution in [0.25, 0.3) is 0 Å². The molecule has 1 aliphatic heterocycles. The van der Waals surface area contributed by atoms with Crippen molar-refractivity contribution in [1.82, 2.24) is 9.62 Å². The molecule has 0 unspecified atom stereocenters. The second-order valence-electron chi connectivity index (χ2n) is 5.78. The molecule has 142 valence electrons. The van der Waals surface area contributed by atoms with Crippen molar-refractivity contribution in [3.05, 3.63) is 42.2 Å². The first kappa shape index (κ1) is 20.1. The number of nitrogens with one attached hydrogen (secondary N) is 1. The van der Waals surface area contributed by atoms with Crippen molar-refractivity contribution in [3.63, 3.8) is 0 Å². The van der Waals surface area contributed by atoms with E-state index >= 15 is 0 Å². The molecule has 1 aliphatic rings. The molecule has 7 nitrogen and oxygen atoms in total. The van der Waals surface area contributed by atoms with Crippen molar-refractivity contribution in [2.24, 2.45) is 0 Å². The van der Waals surface area contributed by atoms with Gasteiger partial charge in [0.05, 0.1) is 5.56 Å². The van der Waals surface area contributed by atoms with E-state index in [0.717, 1.165) is 24.6 Å². The zero-order valence-corrected chi connectivity index (χ0v) is 15.1. The number of ether oxygens (including phenoxy) is 1. The number of rotatable bonds is 7. The molecule has 1 heterocycles. The van der Waals surface area contributed by atoms with Gasteiger partial charge in [0.2, 0.25) is 10.0 Å². The first-order valence-corrected chi connectivity index (χ1v) is 9.64. The van der Waals surface area contributed by atoms with Crippen LogP contribution in [0, 0.1) is 5.82 Å². The van der Waals surface area contributed by atoms with Crippen molar-refractivity contribution in [3.8, 4) is 0 Å². The molecule has 2 rings (SSSR count). The van der Waals surface area contributed by atoms with Crippen molar-refractivity contribution in [1.29, 1.82) is 0 Å². The fraction of sp³-hybridized carbons (Fsp3) is 0.412. The van der Waals surface area contributed by atoms with E-state index in [0.29, 0.717) is 25.9 Å². The smallest absolute Gasteiger partial charge is 0.338 e. The SMILES string of the molecule is C=CCNC(=O)COC(=O)c1ccc(F)c(S(=O)(=O)N2CCCCC2)c1. The molecule has 0 radical (unpaired) electrons. The second kappa shape index (κ2) is 8.91. The van der Waals surface area contributed by atoms with E-state index in [4.69, 9.17) is 4.74 Å². The van der Waals surface area contributed by atoms with E-state index in [1.807, 2.05) is 0 Å². The highest BCUT2D eigenvalue weighted by molar-refractivity contribution is 7.89. The van der Waals surface area contributed by atoms with Crippen LogP contribution in [-0.2, 0) is 19.6 Å². The maximum Gasteiger partial charge on any atom is 0.338 e. The maximum atomic E-state index is 14.1. The molecular weight excluding hydrogens is 363 g/mol. The normalized spacial score (nSPS) is 15.3. The Morgan fingerprint density at radius 3 is 2.62 bits per heavy atom. The lowest BCUT2D eigenvalue weighted by molar-refractivity contribution is -0.124. The van der Waals surface area contributed by atoms with Gasteiger partial charge in [-0.05, 0) is 31.0 Å². The number of halogens is 1. The number of carbonyl (C=O) groups excluding carboxylic acids is 2. The number of carbonyl (C=O) groups is 2. The van der Waals surface area contributed by atoms with Gasteiger partial charge >= 0.3 is 5.97 Å². The Morgan fingerprint density at radius 2 is 1.96 bits per heavy atom. The zero-order valence-electron chi connectivity index (χ0n) is 14.2. The van der Waals surface area contributed by atoms with Gasteiger partial charge in [-0.3, -0.25) is 4.79 Å². The monoisotopic (exact) mass is 384 g/mol. The van der Waals surface area contributed by atoms with E-state index in [1.165, 1.54) is 10.4 Å². The van der Waals surface area contributed by atoms with Gasteiger partial charge in [-0.15, -0.1) is 6.58 Å². The molecule has 1 aromatic rings. The minimum atomic E-state index is -4.03. The summed E-state index contributed by atoms with van der Waals surface area (Å²) in [7, 11) is -4.03. The largest absolute Gasteiger partial charge is 0.452 e. The molecule has 1 amide bonds. The van der Waals surface area contributed by atoms with Gasteiger partial charge in [0.1, 0.15) is 10.7 Å². The Labute approximate surface area is 151 Å². The summed E-state index contributed by atoms with van der Waals surface area (Å²) >= 11 is 0. The summed E-state index contributed by atoms with van der Waals surface area (Å²) < 4.78 is 45.4. The Hall–Kier alpha value is -2.26. The molecule has 0 aromatic heterocycles. The summed E-state index contributed by atoms with van der Waals surface area (Å²) in [6, 6.07) is 2.98. The molecule has 9 heteroatoms. The van der Waals surface area contributed by atoms with Gasteiger partial charge in [-0.2, -0.15) is 4.31 Å². The number of piperidine rings is 1. The quantitative estimate of drug-likeness (QED) is 0.568. The Kier molecular flexibility index (Phi) is 6.87. The third kappa shape index (κ3) is 4.89. The maximum absolute atomic E-state index is 14.1. The second-order valence-corrected chi connectivity index (χ2v) is 7.69. The third-order valence-corrected chi connectivity index (χ3v) is 5.79. The molecular formula is C17H21FN2O5S. The van der Waals surface area contributed by atoms with Crippen LogP contribution in [0.2, 0.25) is 0 Å². The number of hydrogen-bond donors (Lipinski definition) is 1. The number of esters is 1. The molecule has 0 bridgehead atoms. The zero-order chi connectivity index (χ0) is 19.2.